The van der Waals surface area contributed by atoms with Gasteiger partial charge < -0.3 is 42.2 Å². The summed E-state index contributed by atoms with van der Waals surface area (Å²) in [4.78, 5) is 29.1. The molecule has 3 aromatic rings. The highest BCUT2D eigenvalue weighted by Crippen LogP contribution is 2.51. The summed E-state index contributed by atoms with van der Waals surface area (Å²) in [7, 11) is -1.90. The van der Waals surface area contributed by atoms with Crippen molar-refractivity contribution in [1.82, 2.24) is 4.98 Å². The lowest BCUT2D eigenvalue weighted by Crippen LogP contribution is -2.19. The van der Waals surface area contributed by atoms with Crippen LogP contribution in [0.3, 0.4) is 0 Å². The number of thioether (sulfide) groups is 1. The van der Waals surface area contributed by atoms with E-state index in [1.165, 1.54) is 24.5 Å². The van der Waals surface area contributed by atoms with Gasteiger partial charge in [0.1, 0.15) is 45.0 Å². The number of hydrogen-bond donors (Lipinski definition) is 1. The van der Waals surface area contributed by atoms with E-state index in [0.717, 1.165) is 18.4 Å². The molecule has 20 heteroatoms. The molecule has 1 heterocycles. The normalized spacial score (nSPS) is 12.4. The number of nitrogens with one attached hydrogen (secondary N) is 1. The van der Waals surface area contributed by atoms with Crippen LogP contribution < -0.4 is 24.3 Å². The number of ether oxygens (including phenoxy) is 7. The predicted octanol–water partition coefficient (Wildman–Crippen LogP) is 7.41. The number of hydrogen-bond acceptors (Lipinski definition) is 17. The summed E-state index contributed by atoms with van der Waals surface area (Å²) in [6.07, 6.45) is 4.06. The summed E-state index contributed by atoms with van der Waals surface area (Å²) in [5.74, 6) is 2.07. The first-order chi connectivity index (χ1) is 28.1. The van der Waals surface area contributed by atoms with Crippen molar-refractivity contribution in [1.29, 1.82) is 0 Å². The summed E-state index contributed by atoms with van der Waals surface area (Å²) < 4.78 is 84.0. The van der Waals surface area contributed by atoms with Gasteiger partial charge in [-0.05, 0) is 76.8 Å². The molecule has 0 bridgehead atoms. The molecule has 0 aliphatic heterocycles. The Labute approximate surface area is 356 Å². The molecule has 1 N–H and O–H groups in total. The van der Waals surface area contributed by atoms with Gasteiger partial charge in [-0.1, -0.05) is 0 Å². The van der Waals surface area contributed by atoms with Gasteiger partial charge in [0.05, 0.1) is 69.9 Å². The minimum absolute atomic E-state index is 0.00664. The van der Waals surface area contributed by atoms with Gasteiger partial charge in [-0.3, -0.25) is 14.7 Å². The Morgan fingerprint density at radius 2 is 1.36 bits per heavy atom. The van der Waals surface area contributed by atoms with E-state index in [-0.39, 0.29) is 49.5 Å². The van der Waals surface area contributed by atoms with Gasteiger partial charge in [0, 0.05) is 43.6 Å². The van der Waals surface area contributed by atoms with Crippen LogP contribution >= 0.6 is 30.7 Å². The van der Waals surface area contributed by atoms with E-state index >= 15 is 0 Å². The number of carbonyl (C=O) groups excluding carboxylic acids is 2. The fourth-order valence-electron chi connectivity index (χ4n) is 5.05. The second kappa shape index (κ2) is 27.4. The number of amides is 1. The molecule has 1 aromatic heterocycles. The Morgan fingerprint density at radius 3 is 1.86 bits per heavy atom. The first-order valence-corrected chi connectivity index (χ1v) is 24.9. The van der Waals surface area contributed by atoms with Crippen LogP contribution in [0.5, 0.6) is 23.0 Å². The van der Waals surface area contributed by atoms with Crippen molar-refractivity contribution in [2.24, 2.45) is 0 Å². The highest BCUT2D eigenvalue weighted by atomic mass is 32.2. The number of thiazole rings is 1. The second-order valence-corrected chi connectivity index (χ2v) is 19.0. The maximum Gasteiger partial charge on any atom is 0.338 e. The Balaban J connectivity index is 0.000000464. The maximum atomic E-state index is 13.0. The quantitative estimate of drug-likeness (QED) is 0.0451. The van der Waals surface area contributed by atoms with Crippen molar-refractivity contribution < 1.29 is 64.8 Å². The highest BCUT2D eigenvalue weighted by Gasteiger charge is 2.26. The molecule has 0 radical (unpaired) electrons. The van der Waals surface area contributed by atoms with Crippen LogP contribution in [0.4, 0.5) is 5.13 Å². The van der Waals surface area contributed by atoms with Crippen molar-refractivity contribution >= 4 is 57.5 Å². The summed E-state index contributed by atoms with van der Waals surface area (Å²) in [5, 5.41) is 4.73. The smallest absolute Gasteiger partial charge is 0.338 e. The predicted molar refractivity (Wildman–Crippen MR) is 231 cm³/mol. The monoisotopic (exact) mass is 906 g/mol. The summed E-state index contributed by atoms with van der Waals surface area (Å²) >= 11 is 2.96. The molecule has 2 aromatic carbocycles. The minimum Gasteiger partial charge on any atom is -0.493 e. The fourth-order valence-corrected chi connectivity index (χ4v) is 8.53. The van der Waals surface area contributed by atoms with E-state index in [1.54, 1.807) is 75.5 Å². The lowest BCUT2D eigenvalue weighted by Gasteiger charge is -2.16. The fraction of sp³-hybridized carbons (Fsp3) is 0.564. The Bertz CT molecular complexity index is 1870. The van der Waals surface area contributed by atoms with Gasteiger partial charge in [0.2, 0.25) is 0 Å². The molecule has 332 valence electrons. The Hall–Kier alpha value is -3.42. The van der Waals surface area contributed by atoms with Crippen molar-refractivity contribution in [2.45, 2.75) is 58.9 Å². The standard InChI is InChI=1S/C23H35N2O9PS2.C16H24O5S/c1-6-32-35(27,33-7-2)15-19-16-36-23(24-19)25-22(26)18-11-20(31-9-8-10-37(5,28)29)13-21(12-18)34-17(3)14-30-4;1-12(11-18-2)21-15-9-13(16(17)19-3)8-14(10-15)20-6-5-7-22-4/h11-13,16-17H,6-10,14-15H2,1-5H3,(H,24,25,26);8-10,12H,5-7,11H2,1-4H3/t17-;12-/m00/s1. The van der Waals surface area contributed by atoms with Crippen molar-refractivity contribution in [3.05, 3.63) is 58.6 Å². The molecule has 3 rings (SSSR count). The van der Waals surface area contributed by atoms with Gasteiger partial charge in [0.15, 0.2) is 5.13 Å². The average molecular weight is 907 g/mol. The summed E-state index contributed by atoms with van der Waals surface area (Å²) in [6, 6.07) is 9.82. The van der Waals surface area contributed by atoms with Gasteiger partial charge in [-0.15, -0.1) is 11.3 Å². The third kappa shape index (κ3) is 21.1. The zero-order valence-electron chi connectivity index (χ0n) is 35.3. The number of nitrogens with zero attached hydrogens (tertiary/aromatic N) is 1. The highest BCUT2D eigenvalue weighted by molar-refractivity contribution is 7.98. The molecule has 59 heavy (non-hydrogen) atoms. The zero-order valence-corrected chi connectivity index (χ0v) is 38.7. The van der Waals surface area contributed by atoms with Crippen LogP contribution in [0.25, 0.3) is 0 Å². The zero-order chi connectivity index (χ0) is 43.8. The molecule has 0 saturated carbocycles. The molecule has 1 amide bonds. The number of carbonyl (C=O) groups is 2. The van der Waals surface area contributed by atoms with Crippen LogP contribution in [0.1, 0.15) is 66.9 Å². The van der Waals surface area contributed by atoms with E-state index in [2.05, 4.69) is 16.6 Å². The number of aromatic nitrogens is 1. The van der Waals surface area contributed by atoms with Crippen molar-refractivity contribution in [3.8, 4) is 23.0 Å². The Morgan fingerprint density at radius 1 is 0.831 bits per heavy atom. The molecule has 2 atom stereocenters. The molecular formula is C39H59N2O14PS3. The number of anilines is 1. The summed E-state index contributed by atoms with van der Waals surface area (Å²) in [6.45, 7) is 9.22. The van der Waals surface area contributed by atoms with Crippen LogP contribution in [-0.2, 0) is 43.8 Å². The SMILES string of the molecule is CCOP(=O)(Cc1csc(NC(=O)c2cc(OCCCS(C)(=O)=O)cc(O[C@@H](C)COC)c2)n1)OCC.COC[C@H](C)Oc1cc(OCCCSC)cc(C(=O)OC)c1. The lowest BCUT2D eigenvalue weighted by molar-refractivity contribution is 0.0598. The van der Waals surface area contributed by atoms with Gasteiger partial charge >= 0.3 is 13.6 Å². The maximum absolute atomic E-state index is 13.0. The van der Waals surface area contributed by atoms with Crippen LogP contribution in [-0.4, -0.2) is 122 Å². The number of esters is 1. The van der Waals surface area contributed by atoms with Gasteiger partial charge in [-0.25, -0.2) is 18.2 Å². The van der Waals surface area contributed by atoms with E-state index in [4.69, 9.17) is 42.2 Å². The molecule has 0 saturated heterocycles. The molecule has 16 nitrogen and oxygen atoms in total. The number of rotatable bonds is 27. The van der Waals surface area contributed by atoms with Gasteiger partial charge in [-0.2, -0.15) is 11.8 Å². The van der Waals surface area contributed by atoms with E-state index in [1.807, 2.05) is 13.8 Å². The third-order valence-corrected chi connectivity index (χ3v) is 11.9. The number of sulfone groups is 1. The van der Waals surface area contributed by atoms with Crippen LogP contribution in [0.2, 0.25) is 0 Å². The molecule has 0 spiro atoms. The van der Waals surface area contributed by atoms with E-state index in [9.17, 15) is 22.6 Å². The molecule has 0 aliphatic carbocycles. The largest absolute Gasteiger partial charge is 0.493 e. The lowest BCUT2D eigenvalue weighted by atomic mass is 10.2. The van der Waals surface area contributed by atoms with E-state index in [0.29, 0.717) is 65.6 Å². The van der Waals surface area contributed by atoms with Crippen LogP contribution in [0, 0.1) is 0 Å². The molecule has 0 fully saturated rings. The van der Waals surface area contributed by atoms with E-state index < -0.39 is 29.3 Å². The van der Waals surface area contributed by atoms with Gasteiger partial charge in [0.25, 0.3) is 5.91 Å². The number of benzene rings is 2. The first-order valence-electron chi connectivity index (χ1n) is 18.8. The van der Waals surface area contributed by atoms with Crippen molar-refractivity contribution in [3.63, 3.8) is 0 Å². The number of methoxy groups -OCH3 is 3. The minimum atomic E-state index is -3.33. The molecule has 0 unspecified atom stereocenters. The topological polar surface area (TPSA) is 193 Å². The van der Waals surface area contributed by atoms with Crippen LogP contribution in [0.15, 0.2) is 41.8 Å². The summed E-state index contributed by atoms with van der Waals surface area (Å²) in [5.41, 5.74) is 1.14. The molecular weight excluding hydrogens is 848 g/mol. The molecule has 0 aliphatic rings. The first kappa shape index (κ1) is 51.7. The second-order valence-electron chi connectivity index (χ2n) is 12.9. The third-order valence-electron chi connectivity index (χ3n) is 7.39. The average Bonchev–Trinajstić information content (AvgIpc) is 3.60. The van der Waals surface area contributed by atoms with Crippen molar-refractivity contribution in [2.75, 3.05) is 90.3 Å². The Kier molecular flexibility index (Phi) is 24.0.